The van der Waals surface area contributed by atoms with Crippen LogP contribution in [0, 0.1) is 0 Å². The van der Waals surface area contributed by atoms with Crippen LogP contribution in [0.3, 0.4) is 0 Å². The van der Waals surface area contributed by atoms with Crippen molar-refractivity contribution in [1.82, 2.24) is 14.8 Å². The van der Waals surface area contributed by atoms with Gasteiger partial charge in [0.05, 0.1) is 0 Å². The van der Waals surface area contributed by atoms with Gasteiger partial charge in [0.2, 0.25) is 0 Å². The van der Waals surface area contributed by atoms with Crippen molar-refractivity contribution in [2.45, 2.75) is 52.5 Å². The summed E-state index contributed by atoms with van der Waals surface area (Å²) in [6.45, 7) is 5.46. The first-order valence-electron chi connectivity index (χ1n) is 7.30. The highest BCUT2D eigenvalue weighted by molar-refractivity contribution is 5.19. The Kier molecular flexibility index (Phi) is 5.13. The van der Waals surface area contributed by atoms with Crippen molar-refractivity contribution in [3.8, 4) is 0 Å². The zero-order chi connectivity index (χ0) is 13.5. The Labute approximate surface area is 115 Å². The number of unbranched alkanes of at least 4 members (excludes halogenated alkanes) is 1. The van der Waals surface area contributed by atoms with E-state index in [1.165, 1.54) is 18.4 Å². The van der Waals surface area contributed by atoms with E-state index in [0.717, 1.165) is 37.5 Å². The predicted molar refractivity (Wildman–Crippen MR) is 78.2 cm³/mol. The molecule has 3 nitrogen and oxygen atoms in total. The first kappa shape index (κ1) is 13.8. The summed E-state index contributed by atoms with van der Waals surface area (Å²) in [5, 5.41) is 8.76. The molecule has 3 heteroatoms. The lowest BCUT2D eigenvalue weighted by molar-refractivity contribution is 0.580. The van der Waals surface area contributed by atoms with Crippen molar-refractivity contribution in [3.63, 3.8) is 0 Å². The van der Waals surface area contributed by atoms with Gasteiger partial charge < -0.3 is 4.57 Å². The lowest BCUT2D eigenvalue weighted by Crippen LogP contribution is -2.08. The van der Waals surface area contributed by atoms with Crippen LogP contribution in [0.5, 0.6) is 0 Å². The van der Waals surface area contributed by atoms with Gasteiger partial charge in [0.1, 0.15) is 11.6 Å². The van der Waals surface area contributed by atoms with Gasteiger partial charge in [-0.2, -0.15) is 0 Å². The molecule has 2 rings (SSSR count). The van der Waals surface area contributed by atoms with Crippen LogP contribution in [-0.2, 0) is 19.4 Å². The summed E-state index contributed by atoms with van der Waals surface area (Å²) < 4.78 is 2.32. The van der Waals surface area contributed by atoms with Gasteiger partial charge >= 0.3 is 0 Å². The molecule has 0 spiro atoms. The number of aromatic nitrogens is 3. The maximum Gasteiger partial charge on any atom is 0.137 e. The third-order valence-electron chi connectivity index (χ3n) is 3.32. The summed E-state index contributed by atoms with van der Waals surface area (Å²) >= 11 is 0. The summed E-state index contributed by atoms with van der Waals surface area (Å²) in [4.78, 5) is 0. The average Bonchev–Trinajstić information content (AvgIpc) is 2.80. The molecule has 0 amide bonds. The molecule has 0 saturated carbocycles. The number of benzene rings is 1. The molecule has 0 aliphatic rings. The van der Waals surface area contributed by atoms with E-state index in [9.17, 15) is 0 Å². The fourth-order valence-corrected chi connectivity index (χ4v) is 2.26. The Morgan fingerprint density at radius 3 is 2.37 bits per heavy atom. The van der Waals surface area contributed by atoms with Crippen LogP contribution in [0.1, 0.15) is 50.3 Å². The smallest absolute Gasteiger partial charge is 0.137 e. The van der Waals surface area contributed by atoms with Crippen LogP contribution in [0.15, 0.2) is 30.3 Å². The van der Waals surface area contributed by atoms with Gasteiger partial charge in [0.25, 0.3) is 0 Å². The van der Waals surface area contributed by atoms with Crippen LogP contribution >= 0.6 is 0 Å². The molecular weight excluding hydrogens is 234 g/mol. The van der Waals surface area contributed by atoms with Crippen molar-refractivity contribution in [3.05, 3.63) is 47.5 Å². The Morgan fingerprint density at radius 1 is 0.947 bits per heavy atom. The van der Waals surface area contributed by atoms with E-state index in [4.69, 9.17) is 0 Å². The van der Waals surface area contributed by atoms with E-state index in [0.29, 0.717) is 0 Å². The summed E-state index contributed by atoms with van der Waals surface area (Å²) in [6.07, 6.45) is 5.41. The van der Waals surface area contributed by atoms with Crippen molar-refractivity contribution in [2.75, 3.05) is 0 Å². The first-order chi connectivity index (χ1) is 9.35. The van der Waals surface area contributed by atoms with Gasteiger partial charge in [-0.05, 0) is 18.4 Å². The molecule has 1 heterocycles. The minimum atomic E-state index is 0.876. The number of hydrogen-bond donors (Lipinski definition) is 0. The molecule has 19 heavy (non-hydrogen) atoms. The maximum atomic E-state index is 4.40. The fourth-order valence-electron chi connectivity index (χ4n) is 2.26. The predicted octanol–water partition coefficient (Wildman–Crippen LogP) is 3.62. The van der Waals surface area contributed by atoms with Crippen molar-refractivity contribution in [1.29, 1.82) is 0 Å². The molecule has 0 bridgehead atoms. The molecular formula is C16H23N3. The Morgan fingerprint density at radius 2 is 1.68 bits per heavy atom. The van der Waals surface area contributed by atoms with Gasteiger partial charge in [-0.1, -0.05) is 50.6 Å². The minimum Gasteiger partial charge on any atom is -0.315 e. The van der Waals surface area contributed by atoms with Crippen molar-refractivity contribution < 1.29 is 0 Å². The van der Waals surface area contributed by atoms with Crippen LogP contribution in [0.2, 0.25) is 0 Å². The van der Waals surface area contributed by atoms with E-state index in [1.807, 2.05) is 6.07 Å². The molecule has 0 unspecified atom stereocenters. The summed E-state index contributed by atoms with van der Waals surface area (Å²) in [5.41, 5.74) is 1.30. The second-order valence-corrected chi connectivity index (χ2v) is 4.95. The summed E-state index contributed by atoms with van der Waals surface area (Å²) in [7, 11) is 0. The molecule has 0 radical (unpaired) electrons. The molecule has 1 aromatic heterocycles. The normalized spacial score (nSPS) is 10.8. The number of nitrogens with zero attached hydrogens (tertiary/aromatic N) is 3. The van der Waals surface area contributed by atoms with Crippen LogP contribution in [0.4, 0.5) is 0 Å². The largest absolute Gasteiger partial charge is 0.315 e. The molecule has 0 aliphatic carbocycles. The van der Waals surface area contributed by atoms with Gasteiger partial charge in [0, 0.05) is 19.4 Å². The Balaban J connectivity index is 2.19. The SMILES string of the molecule is CCCCn1c(CCC)nnc1Cc1ccccc1. The highest BCUT2D eigenvalue weighted by atomic mass is 15.3. The number of aryl methyl sites for hydroxylation is 1. The zero-order valence-corrected chi connectivity index (χ0v) is 12.0. The molecule has 0 N–H and O–H groups in total. The van der Waals surface area contributed by atoms with Crippen LogP contribution in [0.25, 0.3) is 0 Å². The standard InChI is InChI=1S/C16H23N3/c1-3-5-12-19-15(9-4-2)17-18-16(19)13-14-10-7-6-8-11-14/h6-8,10-11H,3-5,9,12-13H2,1-2H3. The van der Waals surface area contributed by atoms with Crippen molar-refractivity contribution >= 4 is 0 Å². The fraction of sp³-hybridized carbons (Fsp3) is 0.500. The molecule has 0 aliphatic heterocycles. The van der Waals surface area contributed by atoms with Gasteiger partial charge in [-0.15, -0.1) is 10.2 Å². The number of hydrogen-bond acceptors (Lipinski definition) is 2. The van der Waals surface area contributed by atoms with Gasteiger partial charge in [-0.25, -0.2) is 0 Å². The molecule has 0 fully saturated rings. The quantitative estimate of drug-likeness (QED) is 0.758. The van der Waals surface area contributed by atoms with E-state index in [1.54, 1.807) is 0 Å². The summed E-state index contributed by atoms with van der Waals surface area (Å²) in [5.74, 6) is 2.24. The lowest BCUT2D eigenvalue weighted by Gasteiger charge is -2.09. The number of rotatable bonds is 7. The average molecular weight is 257 g/mol. The van der Waals surface area contributed by atoms with Crippen LogP contribution < -0.4 is 0 Å². The minimum absolute atomic E-state index is 0.876. The zero-order valence-electron chi connectivity index (χ0n) is 12.0. The van der Waals surface area contributed by atoms with E-state index in [2.05, 4.69) is 52.9 Å². The van der Waals surface area contributed by atoms with E-state index in [-0.39, 0.29) is 0 Å². The monoisotopic (exact) mass is 257 g/mol. The first-order valence-corrected chi connectivity index (χ1v) is 7.30. The molecule has 0 atom stereocenters. The van der Waals surface area contributed by atoms with E-state index >= 15 is 0 Å². The molecule has 0 saturated heterocycles. The molecule has 2 aromatic rings. The third-order valence-corrected chi connectivity index (χ3v) is 3.32. The maximum absolute atomic E-state index is 4.40. The van der Waals surface area contributed by atoms with Crippen LogP contribution in [-0.4, -0.2) is 14.8 Å². The summed E-state index contributed by atoms with van der Waals surface area (Å²) in [6, 6.07) is 10.5. The molecule has 102 valence electrons. The second kappa shape index (κ2) is 7.07. The van der Waals surface area contributed by atoms with E-state index < -0.39 is 0 Å². The highest BCUT2D eigenvalue weighted by Gasteiger charge is 2.11. The Bertz CT molecular complexity index is 488. The van der Waals surface area contributed by atoms with Gasteiger partial charge in [0.15, 0.2) is 0 Å². The Hall–Kier alpha value is -1.64. The lowest BCUT2D eigenvalue weighted by atomic mass is 10.1. The third kappa shape index (κ3) is 3.66. The van der Waals surface area contributed by atoms with Gasteiger partial charge in [-0.3, -0.25) is 0 Å². The molecule has 1 aromatic carbocycles. The topological polar surface area (TPSA) is 30.7 Å². The second-order valence-electron chi connectivity index (χ2n) is 4.95. The highest BCUT2D eigenvalue weighted by Crippen LogP contribution is 2.12. The van der Waals surface area contributed by atoms with Crippen molar-refractivity contribution in [2.24, 2.45) is 0 Å².